The molecule has 104 valence electrons. The van der Waals surface area contributed by atoms with Gasteiger partial charge in [-0.25, -0.2) is 0 Å². The zero-order valence-electron chi connectivity index (χ0n) is 12.2. The molecule has 0 saturated heterocycles. The Morgan fingerprint density at radius 1 is 1.05 bits per heavy atom. The van der Waals surface area contributed by atoms with E-state index in [1.165, 1.54) is 0 Å². The summed E-state index contributed by atoms with van der Waals surface area (Å²) in [5.74, 6) is -2.56. The largest absolute Gasteiger partial charge is 0.481 e. The van der Waals surface area contributed by atoms with Crippen molar-refractivity contribution in [1.82, 2.24) is 0 Å². The minimum atomic E-state index is -1.06. The van der Waals surface area contributed by atoms with Gasteiger partial charge in [-0.3, -0.25) is 9.59 Å². The topological polar surface area (TPSA) is 54.4 Å². The number of carbonyl (C=O) groups is 2. The fourth-order valence-corrected chi connectivity index (χ4v) is 2.01. The molecule has 0 aromatic heterocycles. The molecule has 0 aliphatic rings. The summed E-state index contributed by atoms with van der Waals surface area (Å²) in [7, 11) is 0. The molecule has 0 aliphatic heterocycles. The SMILES string of the molecule is CC(C)C(C(=O)O)C(=O)c1ccc(C(C)(C)C)cc1. The number of carboxylic acids is 1. The minimum absolute atomic E-state index is 0.0197. The van der Waals surface area contributed by atoms with E-state index in [2.05, 4.69) is 20.8 Å². The lowest BCUT2D eigenvalue weighted by Crippen LogP contribution is -2.28. The van der Waals surface area contributed by atoms with E-state index in [4.69, 9.17) is 5.11 Å². The first kappa shape index (κ1) is 15.4. The summed E-state index contributed by atoms with van der Waals surface area (Å²) in [6.07, 6.45) is 0. The molecule has 1 aromatic carbocycles. The van der Waals surface area contributed by atoms with Crippen LogP contribution in [0.15, 0.2) is 24.3 Å². The van der Waals surface area contributed by atoms with Gasteiger partial charge < -0.3 is 5.11 Å². The number of benzene rings is 1. The highest BCUT2D eigenvalue weighted by Crippen LogP contribution is 2.24. The van der Waals surface area contributed by atoms with Gasteiger partial charge in [0.25, 0.3) is 0 Å². The average Bonchev–Trinajstić information content (AvgIpc) is 2.27. The summed E-state index contributed by atoms with van der Waals surface area (Å²) < 4.78 is 0. The standard InChI is InChI=1S/C16H22O3/c1-10(2)13(15(18)19)14(17)11-6-8-12(9-7-11)16(3,4)5/h6-10,13H,1-5H3,(H,18,19). The van der Waals surface area contributed by atoms with E-state index in [0.717, 1.165) is 5.56 Å². The summed E-state index contributed by atoms with van der Waals surface area (Å²) in [5.41, 5.74) is 1.61. The molecule has 0 heterocycles. The molecule has 0 bridgehead atoms. The Bertz CT molecular complexity index is 464. The summed E-state index contributed by atoms with van der Waals surface area (Å²) >= 11 is 0. The zero-order valence-corrected chi connectivity index (χ0v) is 12.2. The van der Waals surface area contributed by atoms with E-state index in [1.807, 2.05) is 12.1 Å². The van der Waals surface area contributed by atoms with Gasteiger partial charge in [-0.05, 0) is 16.9 Å². The van der Waals surface area contributed by atoms with Gasteiger partial charge in [0.2, 0.25) is 0 Å². The number of hydrogen-bond donors (Lipinski definition) is 1. The molecule has 1 atom stereocenters. The third-order valence-electron chi connectivity index (χ3n) is 3.25. The van der Waals surface area contributed by atoms with Crippen molar-refractivity contribution in [3.63, 3.8) is 0 Å². The molecule has 1 aromatic rings. The number of carbonyl (C=O) groups excluding carboxylic acids is 1. The third-order valence-corrected chi connectivity index (χ3v) is 3.25. The predicted octanol–water partition coefficient (Wildman–Crippen LogP) is 3.52. The first-order valence-corrected chi connectivity index (χ1v) is 6.52. The Labute approximate surface area is 114 Å². The van der Waals surface area contributed by atoms with E-state index in [-0.39, 0.29) is 17.1 Å². The number of rotatable bonds is 4. The van der Waals surface area contributed by atoms with Crippen LogP contribution in [-0.2, 0) is 10.2 Å². The van der Waals surface area contributed by atoms with Crippen LogP contribution in [0.2, 0.25) is 0 Å². The maximum atomic E-state index is 12.2. The van der Waals surface area contributed by atoms with Crippen molar-refractivity contribution in [2.75, 3.05) is 0 Å². The molecule has 1 rings (SSSR count). The van der Waals surface area contributed by atoms with Crippen LogP contribution >= 0.6 is 0 Å². The van der Waals surface area contributed by atoms with Gasteiger partial charge in [0.1, 0.15) is 5.92 Å². The Hall–Kier alpha value is -1.64. The molecule has 0 saturated carbocycles. The van der Waals surface area contributed by atoms with Gasteiger partial charge in [0, 0.05) is 5.56 Å². The third kappa shape index (κ3) is 3.66. The van der Waals surface area contributed by atoms with Crippen LogP contribution in [0, 0.1) is 11.8 Å². The van der Waals surface area contributed by atoms with Crippen molar-refractivity contribution in [2.45, 2.75) is 40.0 Å². The van der Waals surface area contributed by atoms with Crippen LogP contribution in [0.3, 0.4) is 0 Å². The Morgan fingerprint density at radius 2 is 1.53 bits per heavy atom. The number of Topliss-reactive ketones (excluding diaryl/α,β-unsaturated/α-hetero) is 1. The Balaban J connectivity index is 3.04. The second kappa shape index (κ2) is 5.55. The number of aliphatic carboxylic acids is 1. The normalized spacial score (nSPS) is 13.4. The van der Waals surface area contributed by atoms with Gasteiger partial charge in [0.15, 0.2) is 5.78 Å². The lowest BCUT2D eigenvalue weighted by molar-refractivity contribution is -0.141. The molecule has 19 heavy (non-hydrogen) atoms. The lowest BCUT2D eigenvalue weighted by atomic mass is 9.84. The molecule has 3 nitrogen and oxygen atoms in total. The van der Waals surface area contributed by atoms with Crippen LogP contribution in [0.5, 0.6) is 0 Å². The first-order chi connectivity index (χ1) is 8.64. The predicted molar refractivity (Wildman–Crippen MR) is 75.4 cm³/mol. The molecule has 0 amide bonds. The fraction of sp³-hybridized carbons (Fsp3) is 0.500. The first-order valence-electron chi connectivity index (χ1n) is 6.52. The van der Waals surface area contributed by atoms with E-state index >= 15 is 0 Å². The summed E-state index contributed by atoms with van der Waals surface area (Å²) in [6, 6.07) is 7.24. The molecular formula is C16H22O3. The summed E-state index contributed by atoms with van der Waals surface area (Å²) in [5, 5.41) is 9.14. The fourth-order valence-electron chi connectivity index (χ4n) is 2.01. The molecule has 3 heteroatoms. The summed E-state index contributed by atoms with van der Waals surface area (Å²) in [6.45, 7) is 9.79. The van der Waals surface area contributed by atoms with E-state index in [0.29, 0.717) is 5.56 Å². The van der Waals surface area contributed by atoms with Crippen molar-refractivity contribution in [3.8, 4) is 0 Å². The Kier molecular flexibility index (Phi) is 4.51. The minimum Gasteiger partial charge on any atom is -0.481 e. The van der Waals surface area contributed by atoms with Crippen LogP contribution in [-0.4, -0.2) is 16.9 Å². The molecule has 0 spiro atoms. The quantitative estimate of drug-likeness (QED) is 0.667. The van der Waals surface area contributed by atoms with E-state index < -0.39 is 11.9 Å². The van der Waals surface area contributed by atoms with Crippen molar-refractivity contribution >= 4 is 11.8 Å². The van der Waals surface area contributed by atoms with Gasteiger partial charge >= 0.3 is 5.97 Å². The van der Waals surface area contributed by atoms with Crippen LogP contribution in [0.4, 0.5) is 0 Å². The lowest BCUT2D eigenvalue weighted by Gasteiger charge is -2.20. The molecule has 1 unspecified atom stereocenters. The number of hydrogen-bond acceptors (Lipinski definition) is 2. The maximum Gasteiger partial charge on any atom is 0.314 e. The van der Waals surface area contributed by atoms with Crippen LogP contribution in [0.25, 0.3) is 0 Å². The molecule has 0 radical (unpaired) electrons. The van der Waals surface area contributed by atoms with Crippen molar-refractivity contribution in [2.24, 2.45) is 11.8 Å². The van der Waals surface area contributed by atoms with E-state index in [1.54, 1.807) is 26.0 Å². The maximum absolute atomic E-state index is 12.2. The van der Waals surface area contributed by atoms with Crippen molar-refractivity contribution in [3.05, 3.63) is 35.4 Å². The smallest absolute Gasteiger partial charge is 0.314 e. The Morgan fingerprint density at radius 3 is 1.84 bits per heavy atom. The second-order valence-corrected chi connectivity index (χ2v) is 6.25. The zero-order chi connectivity index (χ0) is 14.8. The van der Waals surface area contributed by atoms with Gasteiger partial charge in [0.05, 0.1) is 0 Å². The average molecular weight is 262 g/mol. The second-order valence-electron chi connectivity index (χ2n) is 6.25. The molecule has 1 N–H and O–H groups in total. The molecule has 0 aliphatic carbocycles. The summed E-state index contributed by atoms with van der Waals surface area (Å²) in [4.78, 5) is 23.4. The highest BCUT2D eigenvalue weighted by atomic mass is 16.4. The van der Waals surface area contributed by atoms with Gasteiger partial charge in [-0.15, -0.1) is 0 Å². The van der Waals surface area contributed by atoms with Crippen molar-refractivity contribution < 1.29 is 14.7 Å². The molecular weight excluding hydrogens is 240 g/mol. The monoisotopic (exact) mass is 262 g/mol. The van der Waals surface area contributed by atoms with E-state index in [9.17, 15) is 9.59 Å². The van der Waals surface area contributed by atoms with Crippen LogP contribution < -0.4 is 0 Å². The van der Waals surface area contributed by atoms with Crippen molar-refractivity contribution in [1.29, 1.82) is 0 Å². The highest BCUT2D eigenvalue weighted by molar-refractivity contribution is 6.08. The number of ketones is 1. The highest BCUT2D eigenvalue weighted by Gasteiger charge is 2.30. The molecule has 0 fully saturated rings. The van der Waals surface area contributed by atoms with Gasteiger partial charge in [-0.2, -0.15) is 0 Å². The van der Waals surface area contributed by atoms with Crippen LogP contribution in [0.1, 0.15) is 50.5 Å². The van der Waals surface area contributed by atoms with Gasteiger partial charge in [-0.1, -0.05) is 58.9 Å². The number of carboxylic acid groups (broad SMARTS) is 1.